The topological polar surface area (TPSA) is 43.7 Å². The smallest absolute Gasteiger partial charge is 0.123 e. The second-order valence-electron chi connectivity index (χ2n) is 5.36. The predicted molar refractivity (Wildman–Crippen MR) is 77.6 cm³/mol. The fraction of sp³-hybridized carbons (Fsp3) is 0.600. The minimum atomic E-state index is 0.256. The van der Waals surface area contributed by atoms with Crippen LogP contribution in [0.2, 0.25) is 5.02 Å². The van der Waals surface area contributed by atoms with Crippen LogP contribution >= 0.6 is 11.6 Å². The number of hydrogen-bond acceptors (Lipinski definition) is 3. The molecule has 0 saturated carbocycles. The largest absolute Gasteiger partial charge is 0.507 e. The first-order chi connectivity index (χ1) is 9.11. The number of aliphatic hydroxyl groups excluding tert-OH is 1. The molecule has 0 aliphatic carbocycles. The van der Waals surface area contributed by atoms with Gasteiger partial charge in [-0.05, 0) is 56.8 Å². The molecule has 0 amide bonds. The number of aryl methyl sites for hydroxylation is 1. The van der Waals surface area contributed by atoms with Crippen molar-refractivity contribution < 1.29 is 10.2 Å². The van der Waals surface area contributed by atoms with E-state index in [0.717, 1.165) is 37.1 Å². The number of phenolic OH excluding ortho intramolecular Hbond substituents is 1. The van der Waals surface area contributed by atoms with Gasteiger partial charge in [-0.15, -0.1) is 0 Å². The number of phenols is 1. The van der Waals surface area contributed by atoms with Crippen molar-refractivity contribution in [3.05, 3.63) is 28.3 Å². The summed E-state index contributed by atoms with van der Waals surface area (Å²) in [5, 5.41) is 19.7. The molecule has 106 valence electrons. The van der Waals surface area contributed by atoms with Gasteiger partial charge in [0.1, 0.15) is 5.75 Å². The van der Waals surface area contributed by atoms with Crippen molar-refractivity contribution in [1.29, 1.82) is 0 Å². The molecule has 1 atom stereocenters. The van der Waals surface area contributed by atoms with Crippen molar-refractivity contribution >= 4 is 11.6 Å². The standard InChI is InChI=1S/C15H22ClNO2/c1-11-8-13(16)9-12(15(11)19)10-17-6-2-4-14(17)5-3-7-18/h8-9,14,18-19H,2-7,10H2,1H3. The molecule has 0 spiro atoms. The predicted octanol–water partition coefficient (Wildman–Crippen LogP) is 3.09. The van der Waals surface area contributed by atoms with E-state index in [-0.39, 0.29) is 6.61 Å². The Morgan fingerprint density at radius 2 is 2.21 bits per heavy atom. The van der Waals surface area contributed by atoms with Gasteiger partial charge in [-0.2, -0.15) is 0 Å². The van der Waals surface area contributed by atoms with E-state index in [9.17, 15) is 5.11 Å². The number of nitrogens with zero attached hydrogens (tertiary/aromatic N) is 1. The molecule has 3 nitrogen and oxygen atoms in total. The average Bonchev–Trinajstić information content (AvgIpc) is 2.80. The molecular formula is C15H22ClNO2. The maximum Gasteiger partial charge on any atom is 0.123 e. The Labute approximate surface area is 119 Å². The zero-order valence-corrected chi connectivity index (χ0v) is 12.2. The van der Waals surface area contributed by atoms with Gasteiger partial charge in [0.25, 0.3) is 0 Å². The molecule has 0 aromatic heterocycles. The molecule has 1 fully saturated rings. The fourth-order valence-corrected chi connectivity index (χ4v) is 3.20. The Morgan fingerprint density at radius 3 is 2.95 bits per heavy atom. The van der Waals surface area contributed by atoms with Gasteiger partial charge in [0.05, 0.1) is 0 Å². The second-order valence-corrected chi connectivity index (χ2v) is 5.80. The number of benzene rings is 1. The Bertz CT molecular complexity index is 436. The van der Waals surface area contributed by atoms with Crippen LogP contribution in [0.4, 0.5) is 0 Å². The van der Waals surface area contributed by atoms with Crippen LogP contribution in [-0.4, -0.2) is 34.3 Å². The first kappa shape index (κ1) is 14.6. The summed E-state index contributed by atoms with van der Waals surface area (Å²) >= 11 is 6.06. The van der Waals surface area contributed by atoms with Gasteiger partial charge >= 0.3 is 0 Å². The van der Waals surface area contributed by atoms with Crippen molar-refractivity contribution in [3.63, 3.8) is 0 Å². The van der Waals surface area contributed by atoms with E-state index in [1.807, 2.05) is 13.0 Å². The highest BCUT2D eigenvalue weighted by Gasteiger charge is 2.24. The summed E-state index contributed by atoms with van der Waals surface area (Å²) in [4.78, 5) is 2.39. The highest BCUT2D eigenvalue weighted by Crippen LogP contribution is 2.30. The minimum Gasteiger partial charge on any atom is -0.507 e. The molecule has 1 aromatic carbocycles. The number of aromatic hydroxyl groups is 1. The number of hydrogen-bond donors (Lipinski definition) is 2. The highest BCUT2D eigenvalue weighted by atomic mass is 35.5. The minimum absolute atomic E-state index is 0.256. The molecule has 1 unspecified atom stereocenters. The van der Waals surface area contributed by atoms with E-state index < -0.39 is 0 Å². The van der Waals surface area contributed by atoms with Crippen molar-refractivity contribution in [2.75, 3.05) is 13.2 Å². The van der Waals surface area contributed by atoms with Gasteiger partial charge in [0.15, 0.2) is 0 Å². The maximum atomic E-state index is 10.1. The lowest BCUT2D eigenvalue weighted by atomic mass is 10.1. The quantitative estimate of drug-likeness (QED) is 0.873. The molecule has 2 rings (SSSR count). The van der Waals surface area contributed by atoms with Crippen LogP contribution in [0.1, 0.15) is 36.8 Å². The van der Waals surface area contributed by atoms with Crippen molar-refractivity contribution in [1.82, 2.24) is 4.90 Å². The zero-order valence-electron chi connectivity index (χ0n) is 11.4. The van der Waals surface area contributed by atoms with E-state index >= 15 is 0 Å². The number of aliphatic hydroxyl groups is 1. The molecule has 4 heteroatoms. The summed E-state index contributed by atoms with van der Waals surface area (Å²) in [6.45, 7) is 3.92. The molecule has 1 heterocycles. The van der Waals surface area contributed by atoms with Crippen LogP contribution in [0.3, 0.4) is 0 Å². The molecule has 1 aromatic rings. The van der Waals surface area contributed by atoms with Gasteiger partial charge < -0.3 is 10.2 Å². The maximum absolute atomic E-state index is 10.1. The van der Waals surface area contributed by atoms with Gasteiger partial charge in [0, 0.05) is 29.8 Å². The van der Waals surface area contributed by atoms with Gasteiger partial charge in [-0.25, -0.2) is 0 Å². The highest BCUT2D eigenvalue weighted by molar-refractivity contribution is 6.30. The fourth-order valence-electron chi connectivity index (χ4n) is 2.90. The summed E-state index contributed by atoms with van der Waals surface area (Å²) < 4.78 is 0. The normalized spacial score (nSPS) is 20.1. The lowest BCUT2D eigenvalue weighted by Gasteiger charge is -2.25. The van der Waals surface area contributed by atoms with E-state index in [0.29, 0.717) is 16.8 Å². The molecule has 1 saturated heterocycles. The van der Waals surface area contributed by atoms with Crippen molar-refractivity contribution in [2.45, 2.75) is 45.2 Å². The van der Waals surface area contributed by atoms with Crippen molar-refractivity contribution in [2.24, 2.45) is 0 Å². The van der Waals surface area contributed by atoms with Gasteiger partial charge in [-0.3, -0.25) is 4.90 Å². The Hall–Kier alpha value is -0.770. The first-order valence-corrected chi connectivity index (χ1v) is 7.32. The molecule has 1 aliphatic rings. The van der Waals surface area contributed by atoms with Crippen LogP contribution in [0.25, 0.3) is 0 Å². The Balaban J connectivity index is 2.07. The molecule has 0 bridgehead atoms. The van der Waals surface area contributed by atoms with Gasteiger partial charge in [0.2, 0.25) is 0 Å². The van der Waals surface area contributed by atoms with E-state index in [1.54, 1.807) is 6.07 Å². The molecule has 0 radical (unpaired) electrons. The van der Waals surface area contributed by atoms with Crippen LogP contribution < -0.4 is 0 Å². The van der Waals surface area contributed by atoms with Crippen molar-refractivity contribution in [3.8, 4) is 5.75 Å². The zero-order chi connectivity index (χ0) is 13.8. The summed E-state index contributed by atoms with van der Waals surface area (Å²) in [6.07, 6.45) is 4.25. The van der Waals surface area contributed by atoms with E-state index in [4.69, 9.17) is 16.7 Å². The lowest BCUT2D eigenvalue weighted by Crippen LogP contribution is -2.29. The monoisotopic (exact) mass is 283 g/mol. The van der Waals surface area contributed by atoms with Crippen LogP contribution in [0, 0.1) is 6.92 Å². The summed E-state index contributed by atoms with van der Waals surface area (Å²) in [6, 6.07) is 4.16. The van der Waals surface area contributed by atoms with E-state index in [2.05, 4.69) is 4.90 Å². The Morgan fingerprint density at radius 1 is 1.42 bits per heavy atom. The summed E-state index contributed by atoms with van der Waals surface area (Å²) in [5.74, 6) is 0.359. The SMILES string of the molecule is Cc1cc(Cl)cc(CN2CCCC2CCCO)c1O. The van der Waals surface area contributed by atoms with Crippen LogP contribution in [0.5, 0.6) is 5.75 Å². The summed E-state index contributed by atoms with van der Waals surface area (Å²) in [7, 11) is 0. The third kappa shape index (κ3) is 3.62. The number of likely N-dealkylation sites (tertiary alicyclic amines) is 1. The van der Waals surface area contributed by atoms with Crippen LogP contribution in [0.15, 0.2) is 12.1 Å². The molecule has 1 aliphatic heterocycles. The summed E-state index contributed by atoms with van der Waals surface area (Å²) in [5.41, 5.74) is 1.73. The third-order valence-corrected chi connectivity index (χ3v) is 4.13. The molecule has 2 N–H and O–H groups in total. The average molecular weight is 284 g/mol. The third-order valence-electron chi connectivity index (χ3n) is 3.91. The molecule has 19 heavy (non-hydrogen) atoms. The second kappa shape index (κ2) is 6.60. The van der Waals surface area contributed by atoms with Crippen LogP contribution in [-0.2, 0) is 6.54 Å². The number of rotatable bonds is 5. The Kier molecular flexibility index (Phi) is 5.08. The number of halogens is 1. The van der Waals surface area contributed by atoms with E-state index in [1.165, 1.54) is 12.8 Å². The van der Waals surface area contributed by atoms with Gasteiger partial charge in [-0.1, -0.05) is 11.6 Å². The lowest BCUT2D eigenvalue weighted by molar-refractivity contribution is 0.208. The first-order valence-electron chi connectivity index (χ1n) is 6.94. The molecular weight excluding hydrogens is 262 g/mol.